The number of carbonyl (C=O) groups is 2. The molecule has 3 rings (SSSR count). The van der Waals surface area contributed by atoms with Crippen molar-refractivity contribution in [3.63, 3.8) is 0 Å². The molecule has 0 unspecified atom stereocenters. The van der Waals surface area contributed by atoms with Crippen molar-refractivity contribution in [3.8, 4) is 0 Å². The first-order valence-corrected chi connectivity index (χ1v) is 10.4. The molecule has 6 nitrogen and oxygen atoms in total. The number of quaternary nitrogens is 2. The van der Waals surface area contributed by atoms with E-state index in [1.54, 1.807) is 24.3 Å². The van der Waals surface area contributed by atoms with E-state index in [1.165, 1.54) is 15.4 Å². The van der Waals surface area contributed by atoms with E-state index >= 15 is 0 Å². The molecule has 0 saturated carbocycles. The van der Waals surface area contributed by atoms with E-state index in [9.17, 15) is 9.59 Å². The molecule has 0 spiro atoms. The molecule has 7 heteroatoms. The van der Waals surface area contributed by atoms with Gasteiger partial charge in [0.2, 0.25) is 0 Å². The van der Waals surface area contributed by atoms with Gasteiger partial charge in [0, 0.05) is 16.4 Å². The van der Waals surface area contributed by atoms with Crippen LogP contribution in [-0.2, 0) is 9.59 Å². The Morgan fingerprint density at radius 1 is 0.862 bits per heavy atom. The Bertz CT molecular complexity index is 862. The fourth-order valence-corrected chi connectivity index (χ4v) is 3.71. The van der Waals surface area contributed by atoms with Gasteiger partial charge in [-0.2, -0.15) is 0 Å². The van der Waals surface area contributed by atoms with E-state index in [1.807, 2.05) is 32.0 Å². The highest BCUT2D eigenvalue weighted by Crippen LogP contribution is 2.17. The molecule has 2 aromatic carbocycles. The van der Waals surface area contributed by atoms with Gasteiger partial charge in [-0.15, -0.1) is 0 Å². The average molecular weight is 417 g/mol. The number of aryl methyl sites for hydroxylation is 1. The molecule has 1 aliphatic rings. The van der Waals surface area contributed by atoms with E-state index < -0.39 is 0 Å². The van der Waals surface area contributed by atoms with Crippen molar-refractivity contribution in [2.75, 3.05) is 49.9 Å². The molecule has 1 fully saturated rings. The van der Waals surface area contributed by atoms with Gasteiger partial charge in [-0.05, 0) is 55.3 Å². The third-order valence-electron chi connectivity index (χ3n) is 5.49. The normalized spacial score (nSPS) is 18.9. The molecule has 0 aromatic heterocycles. The van der Waals surface area contributed by atoms with Crippen molar-refractivity contribution < 1.29 is 19.4 Å². The number of anilines is 2. The molecule has 29 heavy (non-hydrogen) atoms. The number of hydrogen-bond acceptors (Lipinski definition) is 2. The molecule has 154 valence electrons. The highest BCUT2D eigenvalue weighted by molar-refractivity contribution is 6.30. The van der Waals surface area contributed by atoms with E-state index in [4.69, 9.17) is 11.6 Å². The Kier molecular flexibility index (Phi) is 7.25. The van der Waals surface area contributed by atoms with Gasteiger partial charge < -0.3 is 20.4 Å². The molecule has 1 heterocycles. The number of amides is 2. The minimum atomic E-state index is -0.00145. The topological polar surface area (TPSA) is 67.1 Å². The summed E-state index contributed by atoms with van der Waals surface area (Å²) in [5.74, 6) is 0.0380. The lowest BCUT2D eigenvalue weighted by molar-refractivity contribution is -1.00. The van der Waals surface area contributed by atoms with E-state index in [2.05, 4.69) is 10.6 Å². The van der Waals surface area contributed by atoms with Crippen LogP contribution in [0.3, 0.4) is 0 Å². The lowest BCUT2D eigenvalue weighted by Gasteiger charge is -2.29. The minimum absolute atomic E-state index is 0.00145. The van der Waals surface area contributed by atoms with Crippen molar-refractivity contribution in [2.45, 2.75) is 13.8 Å². The van der Waals surface area contributed by atoms with Crippen LogP contribution in [0.25, 0.3) is 0 Å². The van der Waals surface area contributed by atoms with Crippen LogP contribution < -0.4 is 20.4 Å². The van der Waals surface area contributed by atoms with Crippen molar-refractivity contribution in [3.05, 3.63) is 58.6 Å². The maximum Gasteiger partial charge on any atom is 0.279 e. The number of piperazine rings is 1. The molecule has 0 radical (unpaired) electrons. The fourth-order valence-electron chi connectivity index (χ4n) is 3.58. The van der Waals surface area contributed by atoms with E-state index in [0.717, 1.165) is 43.1 Å². The standard InChI is InChI=1S/C22H27ClN4O2/c1-16-4-3-5-20(17(16)2)25-22(29)15-27-12-10-26(11-13-27)14-21(28)24-19-8-6-18(23)7-9-19/h3-9H,10-15H2,1-2H3,(H,24,28)(H,25,29)/p+2. The molecule has 1 saturated heterocycles. The van der Waals surface area contributed by atoms with Gasteiger partial charge in [0.15, 0.2) is 13.1 Å². The molecule has 0 aliphatic carbocycles. The van der Waals surface area contributed by atoms with Crippen LogP contribution in [0.4, 0.5) is 11.4 Å². The summed E-state index contributed by atoms with van der Waals surface area (Å²) in [4.78, 5) is 27.2. The molecule has 4 N–H and O–H groups in total. The summed E-state index contributed by atoms with van der Waals surface area (Å²) in [6.45, 7) is 8.46. The van der Waals surface area contributed by atoms with Crippen molar-refractivity contribution in [1.29, 1.82) is 0 Å². The molecular formula is C22H29ClN4O2+2. The average Bonchev–Trinajstić information content (AvgIpc) is 2.69. The second-order valence-electron chi connectivity index (χ2n) is 7.70. The van der Waals surface area contributed by atoms with Crippen LogP contribution in [0.5, 0.6) is 0 Å². The lowest BCUT2D eigenvalue weighted by Crippen LogP contribution is -3.28. The SMILES string of the molecule is Cc1cccc(NC(=O)C[NH+]2CC[NH+](CC(=O)Nc3ccc(Cl)cc3)CC2)c1C. The molecular weight excluding hydrogens is 388 g/mol. The van der Waals surface area contributed by atoms with Crippen LogP contribution >= 0.6 is 11.6 Å². The van der Waals surface area contributed by atoms with Gasteiger partial charge in [-0.25, -0.2) is 0 Å². The van der Waals surface area contributed by atoms with Gasteiger partial charge in [-0.1, -0.05) is 23.7 Å². The summed E-state index contributed by atoms with van der Waals surface area (Å²) in [5.41, 5.74) is 3.92. The Morgan fingerprint density at radius 2 is 1.41 bits per heavy atom. The van der Waals surface area contributed by atoms with Gasteiger partial charge in [-0.3, -0.25) is 9.59 Å². The predicted molar refractivity (Wildman–Crippen MR) is 116 cm³/mol. The number of rotatable bonds is 6. The maximum absolute atomic E-state index is 12.4. The zero-order chi connectivity index (χ0) is 20.8. The third kappa shape index (κ3) is 6.29. The van der Waals surface area contributed by atoms with Gasteiger partial charge in [0.25, 0.3) is 11.8 Å². The van der Waals surface area contributed by atoms with Crippen LogP contribution in [-0.4, -0.2) is 51.1 Å². The van der Waals surface area contributed by atoms with Crippen molar-refractivity contribution in [1.82, 2.24) is 0 Å². The summed E-state index contributed by atoms with van der Waals surface area (Å²) in [5, 5.41) is 6.59. The molecule has 2 aromatic rings. The monoisotopic (exact) mass is 416 g/mol. The van der Waals surface area contributed by atoms with Crippen LogP contribution in [0.1, 0.15) is 11.1 Å². The lowest BCUT2D eigenvalue weighted by atomic mass is 10.1. The van der Waals surface area contributed by atoms with Crippen LogP contribution in [0, 0.1) is 13.8 Å². The number of nitrogens with one attached hydrogen (secondary N) is 4. The van der Waals surface area contributed by atoms with Gasteiger partial charge in [0.1, 0.15) is 26.2 Å². The minimum Gasteiger partial charge on any atom is -0.321 e. The maximum atomic E-state index is 12.4. The smallest absolute Gasteiger partial charge is 0.279 e. The first kappa shape index (κ1) is 21.3. The first-order chi connectivity index (χ1) is 13.9. The molecule has 0 atom stereocenters. The fraction of sp³-hybridized carbons (Fsp3) is 0.364. The number of benzene rings is 2. The number of hydrogen-bond donors (Lipinski definition) is 4. The van der Waals surface area contributed by atoms with E-state index in [0.29, 0.717) is 18.1 Å². The van der Waals surface area contributed by atoms with Crippen molar-refractivity contribution in [2.24, 2.45) is 0 Å². The summed E-state index contributed by atoms with van der Waals surface area (Å²) >= 11 is 5.87. The number of halogens is 1. The summed E-state index contributed by atoms with van der Waals surface area (Å²) in [6, 6.07) is 13.1. The molecule has 2 amide bonds. The zero-order valence-electron chi connectivity index (χ0n) is 17.0. The number of carbonyl (C=O) groups excluding carboxylic acids is 2. The second kappa shape index (κ2) is 9.87. The Labute approximate surface area is 176 Å². The van der Waals surface area contributed by atoms with Crippen LogP contribution in [0.2, 0.25) is 5.02 Å². The predicted octanol–water partition coefficient (Wildman–Crippen LogP) is 0.317. The quantitative estimate of drug-likeness (QED) is 0.548. The van der Waals surface area contributed by atoms with Gasteiger partial charge in [0.05, 0.1) is 0 Å². The second-order valence-corrected chi connectivity index (χ2v) is 8.14. The van der Waals surface area contributed by atoms with Gasteiger partial charge >= 0.3 is 0 Å². The Balaban J connectivity index is 1.40. The molecule has 1 aliphatic heterocycles. The summed E-state index contributed by atoms with van der Waals surface area (Å²) in [6.07, 6.45) is 0. The van der Waals surface area contributed by atoms with Crippen molar-refractivity contribution >= 4 is 34.8 Å². The largest absolute Gasteiger partial charge is 0.321 e. The Morgan fingerprint density at radius 3 is 2.00 bits per heavy atom. The van der Waals surface area contributed by atoms with E-state index in [-0.39, 0.29) is 11.8 Å². The van der Waals surface area contributed by atoms with Crippen LogP contribution in [0.15, 0.2) is 42.5 Å². The summed E-state index contributed by atoms with van der Waals surface area (Å²) in [7, 11) is 0. The highest BCUT2D eigenvalue weighted by Gasteiger charge is 2.26. The molecule has 0 bridgehead atoms. The summed E-state index contributed by atoms with van der Waals surface area (Å²) < 4.78 is 0. The highest BCUT2D eigenvalue weighted by atomic mass is 35.5. The Hall–Kier alpha value is -2.41. The zero-order valence-corrected chi connectivity index (χ0v) is 17.7. The third-order valence-corrected chi connectivity index (χ3v) is 5.74. The first-order valence-electron chi connectivity index (χ1n) is 9.99.